The number of carbonyl (C=O) groups excluding carboxylic acids is 1. The van der Waals surface area contributed by atoms with Crippen LogP contribution in [0.4, 0.5) is 5.82 Å². The second-order valence-corrected chi connectivity index (χ2v) is 15.6. The largest absolute Gasteiger partial charge is 0.490 e. The number of phosphoric ester groups is 1. The lowest BCUT2D eigenvalue weighted by atomic mass is 10.2. The van der Waals surface area contributed by atoms with Crippen LogP contribution < -0.4 is 16.8 Å². The van der Waals surface area contributed by atoms with Crippen LogP contribution in [-0.4, -0.2) is 88.5 Å². The van der Waals surface area contributed by atoms with Crippen LogP contribution in [0.15, 0.2) is 12.5 Å². The second kappa shape index (κ2) is 15.6. The molecule has 240 valence electrons. The van der Waals surface area contributed by atoms with E-state index >= 15 is 0 Å². The van der Waals surface area contributed by atoms with E-state index in [0.717, 1.165) is 5.75 Å². The molecule has 1 saturated heterocycles. The number of amides is 1. The first-order chi connectivity index (χ1) is 20.1. The number of aliphatic hydroxyl groups excluding tert-OH is 1. The van der Waals surface area contributed by atoms with Gasteiger partial charge in [0, 0.05) is 37.1 Å². The summed E-state index contributed by atoms with van der Waals surface area (Å²) in [4.78, 5) is 56.4. The lowest BCUT2D eigenvalue weighted by Crippen LogP contribution is -2.26. The molecule has 0 aliphatic carbocycles. The highest BCUT2D eigenvalue weighted by Gasteiger charge is 2.43. The summed E-state index contributed by atoms with van der Waals surface area (Å²) in [5, 5.41) is 13.5. The van der Waals surface area contributed by atoms with Gasteiger partial charge in [-0.15, -0.1) is 0 Å². The van der Waals surface area contributed by atoms with E-state index in [9.17, 15) is 33.4 Å². The first-order valence-corrected chi connectivity index (χ1v) is 19.0. The van der Waals surface area contributed by atoms with Gasteiger partial charge in [0.1, 0.15) is 30.1 Å². The van der Waals surface area contributed by atoms with Crippen molar-refractivity contribution in [1.29, 1.82) is 0 Å². The molecular formula is C19H29N6O13P3S2. The average molecular weight is 707 g/mol. The van der Waals surface area contributed by atoms with E-state index in [2.05, 4.69) is 40.3 Å². The predicted octanol–water partition coefficient (Wildman–Crippen LogP) is 0.203. The zero-order valence-corrected chi connectivity index (χ0v) is 26.3. The second-order valence-electron chi connectivity index (χ2n) is 8.49. The van der Waals surface area contributed by atoms with Crippen LogP contribution in [0.25, 0.3) is 11.0 Å². The summed E-state index contributed by atoms with van der Waals surface area (Å²) in [6.07, 6.45) is -0.456. The van der Waals surface area contributed by atoms with Crippen molar-refractivity contribution in [1.82, 2.24) is 19.9 Å². The fourth-order valence-electron chi connectivity index (χ4n) is 3.60. The fourth-order valence-corrected chi connectivity index (χ4v) is 8.48. The van der Waals surface area contributed by atoms with E-state index in [4.69, 9.17) is 26.0 Å². The van der Waals surface area contributed by atoms with Gasteiger partial charge < -0.3 is 50.8 Å². The van der Waals surface area contributed by atoms with Gasteiger partial charge in [-0.1, -0.05) is 33.4 Å². The molecule has 24 heteroatoms. The quantitative estimate of drug-likeness (QED) is 0.0531. The minimum Gasteiger partial charge on any atom is -0.390 e. The molecule has 2 unspecified atom stereocenters. The maximum atomic E-state index is 12.0. The molecule has 1 aliphatic rings. The van der Waals surface area contributed by atoms with Crippen molar-refractivity contribution in [3.63, 3.8) is 0 Å². The first-order valence-electron chi connectivity index (χ1n) is 12.0. The molecule has 0 spiro atoms. The highest BCUT2D eigenvalue weighted by molar-refractivity contribution is 8.76. The molecule has 0 saturated carbocycles. The number of phosphoric acid groups is 3. The smallest absolute Gasteiger partial charge is 0.390 e. The summed E-state index contributed by atoms with van der Waals surface area (Å²) in [6.45, 7) is -0.218. The Bertz CT molecular complexity index is 1500. The van der Waals surface area contributed by atoms with Gasteiger partial charge in [-0.3, -0.25) is 9.32 Å². The summed E-state index contributed by atoms with van der Waals surface area (Å²) < 4.78 is 53.4. The van der Waals surface area contributed by atoms with Gasteiger partial charge >= 0.3 is 23.5 Å². The number of ether oxygens (including phenoxy) is 1. The number of nitrogens with zero attached hydrogens (tertiary/aromatic N) is 3. The van der Waals surface area contributed by atoms with E-state index in [1.54, 1.807) is 21.6 Å². The number of hydrogen-bond donors (Lipinski definition) is 8. The normalized spacial score (nSPS) is 21.6. The van der Waals surface area contributed by atoms with Gasteiger partial charge in [0.05, 0.1) is 30.2 Å². The number of aromatic nitrogens is 3. The Morgan fingerprint density at radius 1 is 1.16 bits per heavy atom. The summed E-state index contributed by atoms with van der Waals surface area (Å²) in [6, 6.07) is 0. The van der Waals surface area contributed by atoms with E-state index in [1.165, 1.54) is 17.1 Å². The minimum atomic E-state index is -5.70. The molecule has 0 bridgehead atoms. The number of hydrogen-bond acceptors (Lipinski definition) is 15. The van der Waals surface area contributed by atoms with Gasteiger partial charge in [-0.05, 0) is 0 Å². The summed E-state index contributed by atoms with van der Waals surface area (Å²) in [5.41, 5.74) is 12.2. The van der Waals surface area contributed by atoms with Crippen molar-refractivity contribution in [3.8, 4) is 11.8 Å². The molecule has 1 aliphatic heterocycles. The SMILES string of the molecule is NCCSSCCC(=O)NCC#Cc1cn([C@H]2C[C@H](O)[C@@H](COP(=O)(O)OP(=O)(O)OP(=O)(O)O)O2)c2ncnc(N)c12. The Hall–Kier alpha value is -1.56. The minimum absolute atomic E-state index is 0.0566. The van der Waals surface area contributed by atoms with E-state index < -0.39 is 48.5 Å². The van der Waals surface area contributed by atoms with Crippen LogP contribution in [0.2, 0.25) is 0 Å². The number of aliphatic hydroxyl groups is 1. The lowest BCUT2D eigenvalue weighted by molar-refractivity contribution is -0.120. The zero-order chi connectivity index (χ0) is 31.8. The maximum Gasteiger partial charge on any atom is 0.490 e. The molecule has 3 heterocycles. The Labute approximate surface area is 252 Å². The molecule has 19 nitrogen and oxygen atoms in total. The third kappa shape index (κ3) is 11.4. The molecule has 0 radical (unpaired) electrons. The summed E-state index contributed by atoms with van der Waals surface area (Å²) in [5.74, 6) is 7.09. The van der Waals surface area contributed by atoms with E-state index in [0.29, 0.717) is 35.3 Å². The molecule has 2 aromatic rings. The molecule has 2 aromatic heterocycles. The van der Waals surface area contributed by atoms with Gasteiger partial charge in [0.15, 0.2) is 0 Å². The highest BCUT2D eigenvalue weighted by atomic mass is 33.1. The van der Waals surface area contributed by atoms with E-state index in [-0.39, 0.29) is 24.7 Å². The Morgan fingerprint density at radius 3 is 2.58 bits per heavy atom. The molecule has 5 atom stereocenters. The molecule has 0 aromatic carbocycles. The van der Waals surface area contributed by atoms with Crippen molar-refractivity contribution < 1.29 is 61.1 Å². The standard InChI is InChI=1S/C19H29N6O13P3S2/c20-4-7-43-42-6-3-15(27)22-5-1-2-12-9-25(19-17(12)18(21)23-11-24-19)16-8-13(26)14(36-16)10-35-40(31,32)38-41(33,34)37-39(28,29)30/h9,11,13-14,16,26H,3-8,10,20H2,(H,22,27)(H,31,32)(H,33,34)(H2,21,23,24)(H2,28,29,30)/t13-,14+,16+/m0/s1. The van der Waals surface area contributed by atoms with Crippen molar-refractivity contribution in [3.05, 3.63) is 18.1 Å². The van der Waals surface area contributed by atoms with Crippen molar-refractivity contribution in [2.75, 3.05) is 36.9 Å². The number of nitrogens with one attached hydrogen (secondary N) is 1. The van der Waals surface area contributed by atoms with Gasteiger partial charge in [0.25, 0.3) is 0 Å². The number of rotatable bonds is 15. The molecule has 1 amide bonds. The molecule has 3 rings (SSSR count). The van der Waals surface area contributed by atoms with Crippen LogP contribution in [0, 0.1) is 11.8 Å². The van der Waals surface area contributed by atoms with Gasteiger partial charge in [0.2, 0.25) is 5.91 Å². The number of carbonyl (C=O) groups is 1. The van der Waals surface area contributed by atoms with Gasteiger partial charge in [-0.2, -0.15) is 8.62 Å². The first kappa shape index (κ1) is 35.9. The van der Waals surface area contributed by atoms with Crippen LogP contribution in [0.1, 0.15) is 24.6 Å². The molecule has 1 fully saturated rings. The Morgan fingerprint density at radius 2 is 1.88 bits per heavy atom. The van der Waals surface area contributed by atoms with Crippen LogP contribution in [-0.2, 0) is 36.4 Å². The van der Waals surface area contributed by atoms with Crippen LogP contribution in [0.5, 0.6) is 0 Å². The van der Waals surface area contributed by atoms with Crippen LogP contribution in [0.3, 0.4) is 0 Å². The van der Waals surface area contributed by atoms with Crippen molar-refractivity contribution >= 4 is 67.8 Å². The highest BCUT2D eigenvalue weighted by Crippen LogP contribution is 2.66. The Kier molecular flexibility index (Phi) is 13.1. The van der Waals surface area contributed by atoms with Crippen molar-refractivity contribution in [2.24, 2.45) is 5.73 Å². The summed E-state index contributed by atoms with van der Waals surface area (Å²) in [7, 11) is -13.5. The molecule has 10 N–H and O–H groups in total. The topological polar surface area (TPSA) is 301 Å². The average Bonchev–Trinajstić information content (AvgIpc) is 3.44. The fraction of sp³-hybridized carbons (Fsp3) is 0.526. The third-order valence-corrected chi connectivity index (χ3v) is 11.5. The van der Waals surface area contributed by atoms with Gasteiger partial charge in [-0.25, -0.2) is 23.7 Å². The number of nitrogens with two attached hydrogens (primary N) is 2. The Balaban J connectivity index is 1.65. The summed E-state index contributed by atoms with van der Waals surface area (Å²) >= 11 is 0. The van der Waals surface area contributed by atoms with E-state index in [1.807, 2.05) is 0 Å². The number of nitrogen functional groups attached to an aromatic ring is 1. The predicted molar refractivity (Wildman–Crippen MR) is 155 cm³/mol. The zero-order valence-electron chi connectivity index (χ0n) is 22.0. The maximum absolute atomic E-state index is 12.0. The molecular weight excluding hydrogens is 677 g/mol. The van der Waals surface area contributed by atoms with Crippen LogP contribution >= 0.6 is 45.1 Å². The third-order valence-electron chi connectivity index (χ3n) is 5.26. The number of fused-ring (bicyclic) bond motifs is 1. The monoisotopic (exact) mass is 706 g/mol. The van der Waals surface area contributed by atoms with Crippen molar-refractivity contribution in [2.45, 2.75) is 31.3 Å². The lowest BCUT2D eigenvalue weighted by Gasteiger charge is -2.19. The number of anilines is 1. The molecule has 43 heavy (non-hydrogen) atoms.